The zero-order valence-corrected chi connectivity index (χ0v) is 12.0. The third-order valence-electron chi connectivity index (χ3n) is 2.56. The Labute approximate surface area is 112 Å². The van der Waals surface area contributed by atoms with Crippen LogP contribution in [0, 0.1) is 5.92 Å². The van der Waals surface area contributed by atoms with Gasteiger partial charge in [-0.3, -0.25) is 4.79 Å². The van der Waals surface area contributed by atoms with Gasteiger partial charge in [0.05, 0.1) is 4.88 Å². The van der Waals surface area contributed by atoms with E-state index in [9.17, 15) is 9.59 Å². The minimum Gasteiger partial charge on any atom is -0.480 e. The summed E-state index contributed by atoms with van der Waals surface area (Å²) in [7, 11) is 0. The Kier molecular flexibility index (Phi) is 5.14. The van der Waals surface area contributed by atoms with Crippen molar-refractivity contribution < 1.29 is 14.7 Å². The van der Waals surface area contributed by atoms with Crippen molar-refractivity contribution in [2.24, 2.45) is 5.92 Å². The number of hydrogen-bond donors (Lipinski definition) is 2. The van der Waals surface area contributed by atoms with Gasteiger partial charge in [-0.25, -0.2) is 4.79 Å². The van der Waals surface area contributed by atoms with E-state index in [0.29, 0.717) is 11.3 Å². The number of rotatable bonds is 5. The maximum absolute atomic E-state index is 11.8. The average Bonchev–Trinajstić information content (AvgIpc) is 2.71. The maximum Gasteiger partial charge on any atom is 0.326 e. The summed E-state index contributed by atoms with van der Waals surface area (Å²) in [6.07, 6.45) is 0.700. The largest absolute Gasteiger partial charge is 0.480 e. The Balaban J connectivity index is 2.74. The number of carbonyl (C=O) groups excluding carboxylic acids is 1. The van der Waals surface area contributed by atoms with E-state index in [1.165, 1.54) is 11.3 Å². The van der Waals surface area contributed by atoms with Gasteiger partial charge in [-0.15, -0.1) is 11.3 Å². The second kappa shape index (κ2) is 6.16. The first kappa shape index (κ1) is 14.2. The Hall–Kier alpha value is -0.880. The topological polar surface area (TPSA) is 66.4 Å². The van der Waals surface area contributed by atoms with Crippen molar-refractivity contribution in [1.29, 1.82) is 0 Å². The molecule has 1 amide bonds. The summed E-state index contributed by atoms with van der Waals surface area (Å²) in [5.74, 6) is -1.43. The van der Waals surface area contributed by atoms with Gasteiger partial charge in [0.25, 0.3) is 5.91 Å². The standard InChI is InChI=1S/C11H14BrNO3S/c1-3-6(2)9(11(15)16)13-10(14)8-4-7(12)5-17-8/h4-6,9H,3H2,1-2H3,(H,13,14)(H,15,16)/t6-,9-/m0/s1. The summed E-state index contributed by atoms with van der Waals surface area (Å²) in [4.78, 5) is 23.4. The number of halogens is 1. The van der Waals surface area contributed by atoms with E-state index in [0.717, 1.165) is 4.47 Å². The predicted octanol–water partition coefficient (Wildman–Crippen LogP) is 2.74. The number of hydrogen-bond acceptors (Lipinski definition) is 3. The fourth-order valence-electron chi connectivity index (χ4n) is 1.33. The van der Waals surface area contributed by atoms with Crippen molar-refractivity contribution in [3.05, 3.63) is 20.8 Å². The van der Waals surface area contributed by atoms with E-state index >= 15 is 0 Å². The van der Waals surface area contributed by atoms with Gasteiger partial charge < -0.3 is 10.4 Å². The predicted molar refractivity (Wildman–Crippen MR) is 70.4 cm³/mol. The van der Waals surface area contributed by atoms with Crippen LogP contribution in [0.2, 0.25) is 0 Å². The molecular weight excluding hydrogens is 306 g/mol. The van der Waals surface area contributed by atoms with Gasteiger partial charge in [-0.2, -0.15) is 0 Å². The van der Waals surface area contributed by atoms with Gasteiger partial charge in [-0.1, -0.05) is 20.3 Å². The van der Waals surface area contributed by atoms with Crippen molar-refractivity contribution in [2.45, 2.75) is 26.3 Å². The molecule has 0 spiro atoms. The molecule has 94 valence electrons. The SMILES string of the molecule is CC[C@H](C)[C@H](NC(=O)c1cc(Br)cs1)C(=O)O. The summed E-state index contributed by atoms with van der Waals surface area (Å²) < 4.78 is 0.822. The zero-order valence-electron chi connectivity index (χ0n) is 9.57. The van der Waals surface area contributed by atoms with E-state index in [1.54, 1.807) is 11.4 Å². The molecule has 6 heteroatoms. The number of carboxylic acid groups (broad SMARTS) is 1. The van der Waals surface area contributed by atoms with Crippen LogP contribution < -0.4 is 5.32 Å². The van der Waals surface area contributed by atoms with Crippen LogP contribution in [0.3, 0.4) is 0 Å². The molecule has 1 aromatic heterocycles. The quantitative estimate of drug-likeness (QED) is 0.877. The molecule has 0 aliphatic heterocycles. The normalized spacial score (nSPS) is 14.1. The Morgan fingerprint density at radius 1 is 1.59 bits per heavy atom. The molecule has 0 unspecified atom stereocenters. The minimum absolute atomic E-state index is 0.0974. The van der Waals surface area contributed by atoms with E-state index < -0.39 is 12.0 Å². The van der Waals surface area contributed by atoms with Gasteiger partial charge in [0, 0.05) is 9.85 Å². The maximum atomic E-state index is 11.8. The van der Waals surface area contributed by atoms with Gasteiger partial charge in [-0.05, 0) is 27.9 Å². The second-order valence-corrected chi connectivity index (χ2v) is 5.63. The van der Waals surface area contributed by atoms with Crippen LogP contribution in [-0.4, -0.2) is 23.0 Å². The highest BCUT2D eigenvalue weighted by molar-refractivity contribution is 9.10. The zero-order chi connectivity index (χ0) is 13.0. The van der Waals surface area contributed by atoms with E-state index in [1.807, 2.05) is 13.8 Å². The van der Waals surface area contributed by atoms with E-state index in [4.69, 9.17) is 5.11 Å². The summed E-state index contributed by atoms with van der Waals surface area (Å²) in [6.45, 7) is 3.71. The van der Waals surface area contributed by atoms with Crippen LogP contribution in [0.1, 0.15) is 29.9 Å². The Morgan fingerprint density at radius 2 is 2.24 bits per heavy atom. The molecule has 0 saturated heterocycles. The van der Waals surface area contributed by atoms with Crippen LogP contribution in [-0.2, 0) is 4.79 Å². The fraction of sp³-hybridized carbons (Fsp3) is 0.455. The van der Waals surface area contributed by atoms with Crippen molar-refractivity contribution in [1.82, 2.24) is 5.32 Å². The second-order valence-electron chi connectivity index (χ2n) is 3.80. The molecule has 1 aromatic rings. The summed E-state index contributed by atoms with van der Waals surface area (Å²) in [5.41, 5.74) is 0. The average molecular weight is 320 g/mol. The lowest BCUT2D eigenvalue weighted by Crippen LogP contribution is -2.44. The van der Waals surface area contributed by atoms with Crippen molar-refractivity contribution in [3.8, 4) is 0 Å². The van der Waals surface area contributed by atoms with Crippen LogP contribution in [0.25, 0.3) is 0 Å². The number of thiophene rings is 1. The smallest absolute Gasteiger partial charge is 0.326 e. The molecule has 0 aromatic carbocycles. The van der Waals surface area contributed by atoms with Crippen LogP contribution in [0.4, 0.5) is 0 Å². The van der Waals surface area contributed by atoms with Crippen LogP contribution >= 0.6 is 27.3 Å². The first-order valence-corrected chi connectivity index (χ1v) is 6.90. The lowest BCUT2D eigenvalue weighted by Gasteiger charge is -2.19. The Bertz CT molecular complexity index is 419. The lowest BCUT2D eigenvalue weighted by atomic mass is 9.99. The highest BCUT2D eigenvalue weighted by Crippen LogP contribution is 2.20. The van der Waals surface area contributed by atoms with Gasteiger partial charge in [0.2, 0.25) is 0 Å². The van der Waals surface area contributed by atoms with Gasteiger partial charge in [0.15, 0.2) is 0 Å². The highest BCUT2D eigenvalue weighted by atomic mass is 79.9. The molecule has 0 saturated carbocycles. The van der Waals surface area contributed by atoms with Crippen LogP contribution in [0.15, 0.2) is 15.9 Å². The van der Waals surface area contributed by atoms with E-state index in [-0.39, 0.29) is 11.8 Å². The number of carbonyl (C=O) groups is 2. The molecule has 2 atom stereocenters. The summed E-state index contributed by atoms with van der Waals surface area (Å²) in [6, 6.07) is 0.837. The highest BCUT2D eigenvalue weighted by Gasteiger charge is 2.26. The van der Waals surface area contributed by atoms with Gasteiger partial charge >= 0.3 is 5.97 Å². The molecular formula is C11H14BrNO3S. The summed E-state index contributed by atoms with van der Waals surface area (Å²) >= 11 is 4.53. The van der Waals surface area contributed by atoms with Crippen molar-refractivity contribution >= 4 is 39.1 Å². The minimum atomic E-state index is -0.997. The van der Waals surface area contributed by atoms with Gasteiger partial charge in [0.1, 0.15) is 6.04 Å². The first-order valence-electron chi connectivity index (χ1n) is 5.23. The number of carboxylic acids is 1. The molecule has 2 N–H and O–H groups in total. The monoisotopic (exact) mass is 319 g/mol. The molecule has 4 nitrogen and oxygen atoms in total. The summed E-state index contributed by atoms with van der Waals surface area (Å²) in [5, 5.41) is 13.4. The molecule has 0 aliphatic rings. The third kappa shape index (κ3) is 3.81. The lowest BCUT2D eigenvalue weighted by molar-refractivity contribution is -0.140. The number of aliphatic carboxylic acids is 1. The van der Waals surface area contributed by atoms with Crippen LogP contribution in [0.5, 0.6) is 0 Å². The third-order valence-corrected chi connectivity index (χ3v) is 4.25. The molecule has 0 aliphatic carbocycles. The molecule has 0 fully saturated rings. The molecule has 1 heterocycles. The fourth-order valence-corrected chi connectivity index (χ4v) is 2.66. The molecule has 17 heavy (non-hydrogen) atoms. The Morgan fingerprint density at radius 3 is 2.65 bits per heavy atom. The van der Waals surface area contributed by atoms with Crippen molar-refractivity contribution in [2.75, 3.05) is 0 Å². The first-order chi connectivity index (χ1) is 7.95. The number of nitrogens with one attached hydrogen (secondary N) is 1. The number of amides is 1. The molecule has 1 rings (SSSR count). The molecule has 0 bridgehead atoms. The van der Waals surface area contributed by atoms with Crippen molar-refractivity contribution in [3.63, 3.8) is 0 Å². The molecule has 0 radical (unpaired) electrons. The van der Waals surface area contributed by atoms with E-state index in [2.05, 4.69) is 21.2 Å².